The minimum atomic E-state index is -3.70. The van der Waals surface area contributed by atoms with Crippen LogP contribution in [0.4, 0.5) is 11.4 Å². The number of benzene rings is 2. The summed E-state index contributed by atoms with van der Waals surface area (Å²) in [6.07, 6.45) is 0.816. The number of amidine groups is 1. The maximum absolute atomic E-state index is 13.0. The predicted octanol–water partition coefficient (Wildman–Crippen LogP) is 2.07. The van der Waals surface area contributed by atoms with E-state index in [1.54, 1.807) is 36.4 Å². The van der Waals surface area contributed by atoms with Gasteiger partial charge in [-0.25, -0.2) is 0 Å². The van der Waals surface area contributed by atoms with Gasteiger partial charge in [-0.05, 0) is 48.4 Å². The molecule has 1 aliphatic heterocycles. The number of esters is 1. The van der Waals surface area contributed by atoms with Crippen molar-refractivity contribution in [1.29, 1.82) is 5.41 Å². The quantitative estimate of drug-likeness (QED) is 0.406. The molecule has 0 bridgehead atoms. The normalized spacial score (nSPS) is 14.9. The first-order valence-electron chi connectivity index (χ1n) is 8.73. The molecule has 0 atom stereocenters. The molecule has 29 heavy (non-hydrogen) atoms. The fourth-order valence-electron chi connectivity index (χ4n) is 3.04. The van der Waals surface area contributed by atoms with Gasteiger partial charge in [0.1, 0.15) is 5.84 Å². The lowest BCUT2D eigenvalue weighted by molar-refractivity contribution is -0.140. The Morgan fingerprint density at radius 1 is 1.03 bits per heavy atom. The zero-order valence-corrected chi connectivity index (χ0v) is 17.5. The number of halogens is 1. The zero-order valence-electron chi connectivity index (χ0n) is 15.9. The summed E-state index contributed by atoms with van der Waals surface area (Å²) in [7, 11) is -2.35. The minimum Gasteiger partial charge on any atom is -0.469 e. The Labute approximate surface area is 176 Å². The number of nitrogens with two attached hydrogens (primary N) is 1. The van der Waals surface area contributed by atoms with E-state index in [1.807, 2.05) is 12.1 Å². The second kappa shape index (κ2) is 9.15. The zero-order chi connectivity index (χ0) is 20.3. The number of nitrogens with zero attached hydrogens (tertiary/aromatic N) is 2. The van der Waals surface area contributed by atoms with Gasteiger partial charge in [0, 0.05) is 12.0 Å². The van der Waals surface area contributed by atoms with Gasteiger partial charge in [-0.1, -0.05) is 12.1 Å². The summed E-state index contributed by atoms with van der Waals surface area (Å²) in [4.78, 5) is 11.2. The van der Waals surface area contributed by atoms with Gasteiger partial charge in [0.2, 0.25) is 0 Å². The predicted molar refractivity (Wildman–Crippen MR) is 115 cm³/mol. The van der Waals surface area contributed by atoms with E-state index >= 15 is 0 Å². The lowest BCUT2D eigenvalue weighted by Gasteiger charge is -2.21. The summed E-state index contributed by atoms with van der Waals surface area (Å²) in [6, 6.07) is 13.7. The van der Waals surface area contributed by atoms with E-state index < -0.39 is 10.2 Å². The van der Waals surface area contributed by atoms with E-state index in [0.29, 0.717) is 36.4 Å². The summed E-state index contributed by atoms with van der Waals surface area (Å²) < 4.78 is 33.3. The third kappa shape index (κ3) is 4.80. The Hall–Kier alpha value is -2.78. The first-order valence-corrected chi connectivity index (χ1v) is 10.1. The van der Waals surface area contributed by atoms with E-state index in [9.17, 15) is 13.2 Å². The van der Waals surface area contributed by atoms with Crippen molar-refractivity contribution in [2.24, 2.45) is 5.73 Å². The number of rotatable bonds is 6. The molecule has 1 heterocycles. The number of nitrogen functional groups attached to an aromatic ring is 1. The highest BCUT2D eigenvalue weighted by Crippen LogP contribution is 2.30. The minimum absolute atomic E-state index is 0. The molecule has 1 saturated heterocycles. The average Bonchev–Trinajstić information content (AvgIpc) is 3.01. The first-order chi connectivity index (χ1) is 13.3. The molecule has 0 aromatic heterocycles. The van der Waals surface area contributed by atoms with Gasteiger partial charge in [0.05, 0.1) is 31.6 Å². The molecule has 0 unspecified atom stereocenters. The summed E-state index contributed by atoms with van der Waals surface area (Å²) in [5.41, 5.74) is 8.02. The average molecular weight is 439 g/mol. The van der Waals surface area contributed by atoms with E-state index in [4.69, 9.17) is 11.1 Å². The van der Waals surface area contributed by atoms with Crippen LogP contribution in [0.5, 0.6) is 0 Å². The summed E-state index contributed by atoms with van der Waals surface area (Å²) in [5.74, 6) is -0.345. The Bertz CT molecular complexity index is 978. The van der Waals surface area contributed by atoms with Crippen molar-refractivity contribution in [1.82, 2.24) is 0 Å². The van der Waals surface area contributed by atoms with Crippen LogP contribution in [0.15, 0.2) is 48.5 Å². The molecule has 1 aliphatic rings. The lowest BCUT2D eigenvalue weighted by atomic mass is 10.1. The topological polar surface area (TPSA) is 117 Å². The largest absolute Gasteiger partial charge is 0.469 e. The second-order valence-electron chi connectivity index (χ2n) is 6.36. The lowest BCUT2D eigenvalue weighted by Crippen LogP contribution is -2.33. The summed E-state index contributed by atoms with van der Waals surface area (Å²) >= 11 is 0. The van der Waals surface area contributed by atoms with Crippen molar-refractivity contribution in [3.63, 3.8) is 0 Å². The molecule has 0 radical (unpaired) electrons. The molecule has 0 saturated carbocycles. The number of methoxy groups -OCH3 is 1. The van der Waals surface area contributed by atoms with Gasteiger partial charge in [0.15, 0.2) is 0 Å². The molecular formula is C19H23ClN4O4S. The van der Waals surface area contributed by atoms with E-state index in [2.05, 4.69) is 4.74 Å². The number of hydrogen-bond donors (Lipinski definition) is 2. The number of ether oxygens (including phenoxy) is 1. The van der Waals surface area contributed by atoms with Crippen molar-refractivity contribution in [3.8, 4) is 0 Å². The number of hydrogen-bond acceptors (Lipinski definition) is 5. The van der Waals surface area contributed by atoms with Crippen LogP contribution in [-0.4, -0.2) is 40.4 Å². The molecular weight excluding hydrogens is 416 g/mol. The van der Waals surface area contributed by atoms with Crippen molar-refractivity contribution in [3.05, 3.63) is 59.7 Å². The number of anilines is 2. The Kier molecular flexibility index (Phi) is 7.10. The monoisotopic (exact) mass is 438 g/mol. The van der Waals surface area contributed by atoms with Crippen LogP contribution in [0, 0.1) is 5.41 Å². The fraction of sp³-hybridized carbons (Fsp3) is 0.263. The molecule has 10 heteroatoms. The SMILES string of the molecule is COC(=O)CCc1ccc(N2CCN(c3ccc(C(=N)N)cc3)S2(=O)=O)cc1.Cl. The van der Waals surface area contributed by atoms with Crippen molar-refractivity contribution >= 4 is 45.8 Å². The Morgan fingerprint density at radius 3 is 1.97 bits per heavy atom. The van der Waals surface area contributed by atoms with Crippen molar-refractivity contribution in [2.75, 3.05) is 28.8 Å². The number of aryl methyl sites for hydroxylation is 1. The maximum Gasteiger partial charge on any atom is 0.326 e. The Morgan fingerprint density at radius 2 is 1.52 bits per heavy atom. The Balaban J connectivity index is 0.00000300. The van der Waals surface area contributed by atoms with E-state index in [1.165, 1.54) is 15.7 Å². The third-order valence-corrected chi connectivity index (χ3v) is 6.50. The van der Waals surface area contributed by atoms with E-state index in [-0.39, 0.29) is 30.6 Å². The van der Waals surface area contributed by atoms with Gasteiger partial charge in [-0.15, -0.1) is 12.4 Å². The highest BCUT2D eigenvalue weighted by Gasteiger charge is 2.36. The van der Waals surface area contributed by atoms with Crippen molar-refractivity contribution < 1.29 is 17.9 Å². The van der Waals surface area contributed by atoms with Crippen LogP contribution < -0.4 is 14.3 Å². The second-order valence-corrected chi connectivity index (χ2v) is 8.13. The number of nitrogens with one attached hydrogen (secondary N) is 1. The molecule has 0 spiro atoms. The van der Waals surface area contributed by atoms with Crippen molar-refractivity contribution in [2.45, 2.75) is 12.8 Å². The van der Waals surface area contributed by atoms with Gasteiger partial charge in [-0.3, -0.25) is 18.8 Å². The van der Waals surface area contributed by atoms with Gasteiger partial charge in [0.25, 0.3) is 0 Å². The molecule has 3 rings (SSSR count). The number of carbonyl (C=O) groups is 1. The first kappa shape index (κ1) is 22.5. The molecule has 1 fully saturated rings. The smallest absolute Gasteiger partial charge is 0.326 e. The van der Waals surface area contributed by atoms with Crippen LogP contribution in [0.2, 0.25) is 0 Å². The van der Waals surface area contributed by atoms with Crippen LogP contribution in [0.25, 0.3) is 0 Å². The van der Waals surface area contributed by atoms with Gasteiger partial charge >= 0.3 is 16.2 Å². The van der Waals surface area contributed by atoms with Gasteiger partial charge < -0.3 is 10.5 Å². The molecule has 2 aromatic carbocycles. The molecule has 8 nitrogen and oxygen atoms in total. The van der Waals surface area contributed by atoms with E-state index in [0.717, 1.165) is 5.56 Å². The fourth-order valence-corrected chi connectivity index (χ4v) is 4.68. The molecule has 0 aliphatic carbocycles. The summed E-state index contributed by atoms with van der Waals surface area (Å²) in [6.45, 7) is 0.657. The van der Waals surface area contributed by atoms with Crippen LogP contribution in [0.3, 0.4) is 0 Å². The highest BCUT2D eigenvalue weighted by atomic mass is 35.5. The summed E-state index contributed by atoms with van der Waals surface area (Å²) in [5, 5.41) is 7.43. The molecule has 2 aromatic rings. The maximum atomic E-state index is 13.0. The number of carbonyl (C=O) groups excluding carboxylic acids is 1. The van der Waals surface area contributed by atoms with Crippen LogP contribution >= 0.6 is 12.4 Å². The highest BCUT2D eigenvalue weighted by molar-refractivity contribution is 7.94. The van der Waals surface area contributed by atoms with Crippen LogP contribution in [0.1, 0.15) is 17.5 Å². The molecule has 0 amide bonds. The third-order valence-electron chi connectivity index (χ3n) is 4.60. The van der Waals surface area contributed by atoms with Crippen LogP contribution in [-0.2, 0) is 26.2 Å². The van der Waals surface area contributed by atoms with Gasteiger partial charge in [-0.2, -0.15) is 8.42 Å². The molecule has 156 valence electrons. The molecule has 3 N–H and O–H groups in total. The standard InChI is InChI=1S/C19H22N4O4S.ClH/c1-27-18(24)11-4-14-2-7-16(8-3-14)22-12-13-23(28(22,25)26)17-9-5-15(6-10-17)19(20)21;/h2-3,5-10H,4,11-13H2,1H3,(H3,20,21);1H.